The van der Waals surface area contributed by atoms with Gasteiger partial charge in [0.2, 0.25) is 0 Å². The Hall–Kier alpha value is -1.20. The van der Waals surface area contributed by atoms with Crippen molar-refractivity contribution in [3.05, 3.63) is 58.3 Å². The molecular formula is C16H21NO2S. The number of hydrogen-bond donors (Lipinski definition) is 1. The van der Waals surface area contributed by atoms with Gasteiger partial charge < -0.3 is 9.84 Å². The fourth-order valence-corrected chi connectivity index (χ4v) is 2.82. The molecule has 0 fully saturated rings. The van der Waals surface area contributed by atoms with Crippen molar-refractivity contribution < 1.29 is 9.84 Å². The van der Waals surface area contributed by atoms with Gasteiger partial charge in [0.05, 0.1) is 6.61 Å². The molecule has 0 aliphatic carbocycles. The molecular weight excluding hydrogens is 270 g/mol. The van der Waals surface area contributed by atoms with Crippen LogP contribution in [0.3, 0.4) is 0 Å². The number of benzene rings is 1. The number of thiophene rings is 1. The molecule has 0 aliphatic rings. The lowest BCUT2D eigenvalue weighted by atomic mass is 10.2. The van der Waals surface area contributed by atoms with Crippen LogP contribution in [-0.4, -0.2) is 36.8 Å². The predicted octanol–water partition coefficient (Wildman–Crippen LogP) is 2.93. The summed E-state index contributed by atoms with van der Waals surface area (Å²) < 4.78 is 5.16. The predicted molar refractivity (Wildman–Crippen MR) is 82.9 cm³/mol. The van der Waals surface area contributed by atoms with Gasteiger partial charge >= 0.3 is 0 Å². The van der Waals surface area contributed by atoms with Gasteiger partial charge in [-0.3, -0.25) is 4.90 Å². The number of hydrogen-bond acceptors (Lipinski definition) is 4. The highest BCUT2D eigenvalue weighted by atomic mass is 32.1. The molecule has 3 nitrogen and oxygen atoms in total. The molecule has 108 valence electrons. The van der Waals surface area contributed by atoms with Crippen molar-refractivity contribution in [1.82, 2.24) is 4.90 Å². The van der Waals surface area contributed by atoms with E-state index in [1.807, 2.05) is 35.7 Å². The van der Waals surface area contributed by atoms with Crippen LogP contribution in [-0.2, 0) is 11.3 Å². The molecule has 1 atom stereocenters. The third-order valence-corrected chi connectivity index (χ3v) is 4.14. The molecule has 2 aromatic rings. The van der Waals surface area contributed by atoms with Gasteiger partial charge in [-0.15, -0.1) is 11.3 Å². The van der Waals surface area contributed by atoms with Crippen LogP contribution >= 0.6 is 11.3 Å². The van der Waals surface area contributed by atoms with Crippen LogP contribution in [0.2, 0.25) is 0 Å². The van der Waals surface area contributed by atoms with Crippen LogP contribution < -0.4 is 0 Å². The first-order valence-electron chi connectivity index (χ1n) is 6.76. The molecule has 1 aromatic carbocycles. The molecule has 0 amide bonds. The number of ether oxygens (including phenoxy) is 1. The molecule has 0 radical (unpaired) electrons. The molecule has 2 rings (SSSR count). The largest absolute Gasteiger partial charge is 0.386 e. The lowest BCUT2D eigenvalue weighted by Crippen LogP contribution is -2.31. The van der Waals surface area contributed by atoms with Crippen LogP contribution in [0.5, 0.6) is 0 Å². The van der Waals surface area contributed by atoms with Gasteiger partial charge in [-0.2, -0.15) is 0 Å². The molecule has 4 heteroatoms. The molecule has 0 spiro atoms. The maximum atomic E-state index is 10.3. The standard InChI is InChI=1S/C16H21NO2S/c1-19-10-9-17(12-14-6-3-2-4-7-14)13-15(18)16-8-5-11-20-16/h2-8,11,15,18H,9-10,12-13H2,1H3. The Morgan fingerprint density at radius 3 is 2.65 bits per heavy atom. The summed E-state index contributed by atoms with van der Waals surface area (Å²) in [5.41, 5.74) is 1.25. The Labute approximate surface area is 124 Å². The number of rotatable bonds is 8. The van der Waals surface area contributed by atoms with Gasteiger partial charge in [0.25, 0.3) is 0 Å². The average molecular weight is 291 g/mol. The maximum absolute atomic E-state index is 10.3. The van der Waals surface area contributed by atoms with Crippen molar-refractivity contribution in [1.29, 1.82) is 0 Å². The molecule has 0 saturated carbocycles. The van der Waals surface area contributed by atoms with Crippen LogP contribution in [0.15, 0.2) is 47.8 Å². The first-order chi connectivity index (χ1) is 9.79. The Morgan fingerprint density at radius 2 is 2.00 bits per heavy atom. The smallest absolute Gasteiger partial charge is 0.101 e. The Bertz CT molecular complexity index is 472. The molecule has 20 heavy (non-hydrogen) atoms. The van der Waals surface area contributed by atoms with E-state index in [-0.39, 0.29) is 0 Å². The quantitative estimate of drug-likeness (QED) is 0.811. The maximum Gasteiger partial charge on any atom is 0.101 e. The summed E-state index contributed by atoms with van der Waals surface area (Å²) in [6.45, 7) is 2.93. The third kappa shape index (κ3) is 4.72. The lowest BCUT2D eigenvalue weighted by Gasteiger charge is -2.24. The first kappa shape index (κ1) is 15.2. The zero-order valence-corrected chi connectivity index (χ0v) is 12.6. The topological polar surface area (TPSA) is 32.7 Å². The number of aliphatic hydroxyl groups is 1. The summed E-state index contributed by atoms with van der Waals surface area (Å²) in [6.07, 6.45) is -0.435. The summed E-state index contributed by atoms with van der Waals surface area (Å²) in [7, 11) is 1.70. The highest BCUT2D eigenvalue weighted by Crippen LogP contribution is 2.20. The number of aliphatic hydroxyl groups excluding tert-OH is 1. The molecule has 1 heterocycles. The minimum Gasteiger partial charge on any atom is -0.386 e. The number of methoxy groups -OCH3 is 1. The van der Waals surface area contributed by atoms with Crippen LogP contribution in [0.4, 0.5) is 0 Å². The van der Waals surface area contributed by atoms with Crippen molar-refractivity contribution in [3.8, 4) is 0 Å². The van der Waals surface area contributed by atoms with Gasteiger partial charge in [-0.05, 0) is 17.0 Å². The third-order valence-electron chi connectivity index (χ3n) is 3.16. The molecule has 1 N–H and O–H groups in total. The van der Waals surface area contributed by atoms with Crippen molar-refractivity contribution in [3.63, 3.8) is 0 Å². The molecule has 1 unspecified atom stereocenters. The lowest BCUT2D eigenvalue weighted by molar-refractivity contribution is 0.0867. The minimum absolute atomic E-state index is 0.435. The van der Waals surface area contributed by atoms with Crippen molar-refractivity contribution in [2.45, 2.75) is 12.6 Å². The summed E-state index contributed by atoms with van der Waals surface area (Å²) in [4.78, 5) is 3.24. The summed E-state index contributed by atoms with van der Waals surface area (Å²) in [5.74, 6) is 0. The van der Waals surface area contributed by atoms with E-state index in [0.717, 1.165) is 18.0 Å². The first-order valence-corrected chi connectivity index (χ1v) is 7.64. The van der Waals surface area contributed by atoms with Crippen LogP contribution in [0.25, 0.3) is 0 Å². The molecule has 0 aliphatic heterocycles. The van der Waals surface area contributed by atoms with E-state index < -0.39 is 6.10 Å². The molecule has 1 aromatic heterocycles. The van der Waals surface area contributed by atoms with E-state index >= 15 is 0 Å². The van der Waals surface area contributed by atoms with Crippen molar-refractivity contribution in [2.75, 3.05) is 26.8 Å². The van der Waals surface area contributed by atoms with E-state index in [1.165, 1.54) is 5.56 Å². The second-order valence-electron chi connectivity index (χ2n) is 4.74. The average Bonchev–Trinajstić information content (AvgIpc) is 3.00. The van der Waals surface area contributed by atoms with E-state index in [2.05, 4.69) is 17.0 Å². The van der Waals surface area contributed by atoms with Crippen molar-refractivity contribution >= 4 is 11.3 Å². The highest BCUT2D eigenvalue weighted by molar-refractivity contribution is 7.10. The fourth-order valence-electron chi connectivity index (χ4n) is 2.11. The van der Waals surface area contributed by atoms with Gasteiger partial charge in [-0.25, -0.2) is 0 Å². The summed E-state index contributed by atoms with van der Waals surface area (Å²) in [5, 5.41) is 12.3. The molecule has 0 bridgehead atoms. The van der Waals surface area contributed by atoms with Crippen LogP contribution in [0, 0.1) is 0 Å². The Balaban J connectivity index is 1.96. The van der Waals surface area contributed by atoms with E-state index in [1.54, 1.807) is 18.4 Å². The number of nitrogens with zero attached hydrogens (tertiary/aromatic N) is 1. The fraction of sp³-hybridized carbons (Fsp3) is 0.375. The second-order valence-corrected chi connectivity index (χ2v) is 5.72. The van der Waals surface area contributed by atoms with E-state index in [9.17, 15) is 5.11 Å². The van der Waals surface area contributed by atoms with Gasteiger partial charge in [-0.1, -0.05) is 36.4 Å². The second kappa shape index (κ2) is 8.17. The summed E-state index contributed by atoms with van der Waals surface area (Å²) in [6, 6.07) is 14.3. The SMILES string of the molecule is COCCN(Cc1ccccc1)CC(O)c1cccs1. The van der Waals surface area contributed by atoms with Crippen molar-refractivity contribution in [2.24, 2.45) is 0 Å². The highest BCUT2D eigenvalue weighted by Gasteiger charge is 2.14. The van der Waals surface area contributed by atoms with Gasteiger partial charge in [0.15, 0.2) is 0 Å². The zero-order valence-electron chi connectivity index (χ0n) is 11.7. The van der Waals surface area contributed by atoms with Gasteiger partial charge in [0.1, 0.15) is 6.10 Å². The van der Waals surface area contributed by atoms with E-state index in [0.29, 0.717) is 13.2 Å². The van der Waals surface area contributed by atoms with Gasteiger partial charge in [0, 0.05) is 31.6 Å². The zero-order chi connectivity index (χ0) is 14.2. The van der Waals surface area contributed by atoms with Crippen LogP contribution in [0.1, 0.15) is 16.5 Å². The van der Waals surface area contributed by atoms with E-state index in [4.69, 9.17) is 4.74 Å². The molecule has 0 saturated heterocycles. The Kier molecular flexibility index (Phi) is 6.21. The monoisotopic (exact) mass is 291 g/mol. The summed E-state index contributed by atoms with van der Waals surface area (Å²) >= 11 is 1.60. The minimum atomic E-state index is -0.435. The Morgan fingerprint density at radius 1 is 1.20 bits per heavy atom. The normalized spacial score (nSPS) is 12.8.